The van der Waals surface area contributed by atoms with E-state index < -0.39 is 6.10 Å². The van der Waals surface area contributed by atoms with Crippen molar-refractivity contribution < 1.29 is 14.4 Å². The van der Waals surface area contributed by atoms with Gasteiger partial charge in [0.1, 0.15) is 0 Å². The third kappa shape index (κ3) is 5.79. The molecule has 0 radical (unpaired) electrons. The first kappa shape index (κ1) is 13.1. The van der Waals surface area contributed by atoms with Crippen molar-refractivity contribution in [2.45, 2.75) is 39.0 Å². The quantitative estimate of drug-likeness (QED) is 0.732. The van der Waals surface area contributed by atoms with E-state index in [4.69, 9.17) is 4.74 Å². The third-order valence-corrected chi connectivity index (χ3v) is 1.78. The smallest absolute Gasteiger partial charge is 0.213 e. The maximum absolute atomic E-state index is 9.59. The monoisotopic (exact) mass is 229 g/mol. The van der Waals surface area contributed by atoms with Gasteiger partial charge in [-0.3, -0.25) is 0 Å². The van der Waals surface area contributed by atoms with Gasteiger partial charge in [0, 0.05) is 6.54 Å². The Balaban J connectivity index is 2.09. The molecular weight excluding hydrogens is 210 g/mol. The van der Waals surface area contributed by atoms with E-state index in [1.165, 1.54) is 6.39 Å². The van der Waals surface area contributed by atoms with Crippen LogP contribution in [0.1, 0.15) is 26.6 Å². The molecule has 16 heavy (non-hydrogen) atoms. The summed E-state index contributed by atoms with van der Waals surface area (Å²) in [4.78, 5) is 3.85. The van der Waals surface area contributed by atoms with Gasteiger partial charge >= 0.3 is 0 Å². The lowest BCUT2D eigenvalue weighted by atomic mass is 10.2. The van der Waals surface area contributed by atoms with Crippen LogP contribution >= 0.6 is 0 Å². The Morgan fingerprint density at radius 1 is 1.56 bits per heavy atom. The fourth-order valence-corrected chi connectivity index (χ4v) is 1.03. The third-order valence-electron chi connectivity index (χ3n) is 1.78. The van der Waals surface area contributed by atoms with Gasteiger partial charge in [-0.05, 0) is 20.8 Å². The summed E-state index contributed by atoms with van der Waals surface area (Å²) in [7, 11) is 0. The molecular formula is C10H19N3O3. The molecule has 6 nitrogen and oxygen atoms in total. The zero-order chi connectivity index (χ0) is 12.0. The lowest BCUT2D eigenvalue weighted by molar-refractivity contribution is -0.0479. The van der Waals surface area contributed by atoms with E-state index >= 15 is 0 Å². The van der Waals surface area contributed by atoms with Gasteiger partial charge in [0.05, 0.1) is 24.9 Å². The first-order chi connectivity index (χ1) is 7.47. The van der Waals surface area contributed by atoms with Crippen LogP contribution < -0.4 is 5.32 Å². The molecule has 1 atom stereocenters. The van der Waals surface area contributed by atoms with Crippen molar-refractivity contribution in [1.82, 2.24) is 15.5 Å². The molecule has 1 aromatic rings. The van der Waals surface area contributed by atoms with E-state index in [0.29, 0.717) is 25.5 Å². The number of aliphatic hydroxyl groups excluding tert-OH is 1. The highest BCUT2D eigenvalue weighted by Gasteiger charge is 2.13. The van der Waals surface area contributed by atoms with E-state index in [1.807, 2.05) is 20.8 Å². The van der Waals surface area contributed by atoms with Crippen molar-refractivity contribution in [3.05, 3.63) is 12.2 Å². The molecule has 0 aliphatic rings. The highest BCUT2D eigenvalue weighted by atomic mass is 16.5. The molecule has 0 spiro atoms. The van der Waals surface area contributed by atoms with Gasteiger partial charge < -0.3 is 19.7 Å². The van der Waals surface area contributed by atoms with Crippen LogP contribution in [0, 0.1) is 0 Å². The number of nitrogens with one attached hydrogen (secondary N) is 1. The maximum atomic E-state index is 9.59. The Kier molecular flexibility index (Phi) is 4.85. The van der Waals surface area contributed by atoms with Crippen molar-refractivity contribution in [3.63, 3.8) is 0 Å². The first-order valence-corrected chi connectivity index (χ1v) is 5.25. The van der Waals surface area contributed by atoms with E-state index in [2.05, 4.69) is 20.0 Å². The first-order valence-electron chi connectivity index (χ1n) is 5.25. The molecule has 0 saturated carbocycles. The molecule has 0 amide bonds. The molecule has 0 aromatic carbocycles. The number of hydrogen-bond donors (Lipinski definition) is 2. The highest BCUT2D eigenvalue weighted by molar-refractivity contribution is 4.76. The summed E-state index contributed by atoms with van der Waals surface area (Å²) in [5.41, 5.74) is -0.228. The molecule has 1 rings (SSSR count). The standard InChI is InChI=1S/C10H19N3O3/c1-10(2,3)15-6-8(14)4-11-5-9-12-7-16-13-9/h7-8,11,14H,4-6H2,1-3H3. The summed E-state index contributed by atoms with van der Waals surface area (Å²) in [5, 5.41) is 16.2. The molecule has 0 bridgehead atoms. The van der Waals surface area contributed by atoms with E-state index in [1.54, 1.807) is 0 Å². The van der Waals surface area contributed by atoms with Crippen molar-refractivity contribution in [3.8, 4) is 0 Å². The Bertz CT molecular complexity index is 282. The van der Waals surface area contributed by atoms with Crippen molar-refractivity contribution in [2.24, 2.45) is 0 Å². The fraction of sp³-hybridized carbons (Fsp3) is 0.800. The van der Waals surface area contributed by atoms with Crippen LogP contribution in [0.25, 0.3) is 0 Å². The molecule has 92 valence electrons. The largest absolute Gasteiger partial charge is 0.389 e. The minimum atomic E-state index is -0.536. The van der Waals surface area contributed by atoms with Gasteiger partial charge in [0.15, 0.2) is 5.82 Å². The lowest BCUT2D eigenvalue weighted by Crippen LogP contribution is -2.33. The predicted molar refractivity (Wildman–Crippen MR) is 57.7 cm³/mol. The summed E-state index contributed by atoms with van der Waals surface area (Å²) in [6, 6.07) is 0. The normalized spacial score (nSPS) is 14.0. The second kappa shape index (κ2) is 5.93. The van der Waals surface area contributed by atoms with Crippen LogP contribution in [0.4, 0.5) is 0 Å². The summed E-state index contributed by atoms with van der Waals surface area (Å²) >= 11 is 0. The second-order valence-electron chi connectivity index (χ2n) is 4.56. The van der Waals surface area contributed by atoms with Crippen molar-refractivity contribution in [1.29, 1.82) is 0 Å². The van der Waals surface area contributed by atoms with Crippen LogP contribution in [0.5, 0.6) is 0 Å². The summed E-state index contributed by atoms with van der Waals surface area (Å²) < 4.78 is 10.0. The van der Waals surface area contributed by atoms with Crippen LogP contribution in [-0.2, 0) is 11.3 Å². The predicted octanol–water partition coefficient (Wildman–Crippen LogP) is 0.335. The Labute approximate surface area is 95.0 Å². The summed E-state index contributed by atoms with van der Waals surface area (Å²) in [5.74, 6) is 0.573. The van der Waals surface area contributed by atoms with Gasteiger partial charge in [-0.2, -0.15) is 4.98 Å². The average molecular weight is 229 g/mol. The highest BCUT2D eigenvalue weighted by Crippen LogP contribution is 2.06. The SMILES string of the molecule is CC(C)(C)OCC(O)CNCc1ncon1. The molecule has 0 saturated heterocycles. The zero-order valence-corrected chi connectivity index (χ0v) is 9.93. The van der Waals surface area contributed by atoms with E-state index in [9.17, 15) is 5.11 Å². The number of ether oxygens (including phenoxy) is 1. The second-order valence-corrected chi connectivity index (χ2v) is 4.56. The van der Waals surface area contributed by atoms with Crippen LogP contribution in [0.2, 0.25) is 0 Å². The molecule has 6 heteroatoms. The van der Waals surface area contributed by atoms with Gasteiger partial charge in [-0.15, -0.1) is 0 Å². The molecule has 0 aliphatic heterocycles. The zero-order valence-electron chi connectivity index (χ0n) is 9.93. The molecule has 0 fully saturated rings. The Hall–Kier alpha value is -0.980. The van der Waals surface area contributed by atoms with Gasteiger partial charge in [-0.1, -0.05) is 5.16 Å². The number of aliphatic hydroxyl groups is 1. The topological polar surface area (TPSA) is 80.4 Å². The number of nitrogens with zero attached hydrogens (tertiary/aromatic N) is 2. The molecule has 1 heterocycles. The van der Waals surface area contributed by atoms with Crippen LogP contribution in [-0.4, -0.2) is 40.1 Å². The van der Waals surface area contributed by atoms with E-state index in [0.717, 1.165) is 0 Å². The van der Waals surface area contributed by atoms with Crippen molar-refractivity contribution in [2.75, 3.05) is 13.2 Å². The minimum absolute atomic E-state index is 0.228. The van der Waals surface area contributed by atoms with Gasteiger partial charge in [0.25, 0.3) is 0 Å². The average Bonchev–Trinajstić information content (AvgIpc) is 2.66. The molecule has 2 N–H and O–H groups in total. The summed E-state index contributed by atoms with van der Waals surface area (Å²) in [6.07, 6.45) is 0.738. The number of hydrogen-bond acceptors (Lipinski definition) is 6. The fourth-order valence-electron chi connectivity index (χ4n) is 1.03. The van der Waals surface area contributed by atoms with Gasteiger partial charge in [-0.25, -0.2) is 0 Å². The summed E-state index contributed by atoms with van der Waals surface area (Å²) in [6.45, 7) is 7.07. The van der Waals surface area contributed by atoms with Crippen LogP contribution in [0.3, 0.4) is 0 Å². The van der Waals surface area contributed by atoms with Gasteiger partial charge in [0.2, 0.25) is 6.39 Å². The molecule has 0 aliphatic carbocycles. The van der Waals surface area contributed by atoms with Crippen molar-refractivity contribution >= 4 is 0 Å². The minimum Gasteiger partial charge on any atom is -0.389 e. The van der Waals surface area contributed by atoms with Crippen LogP contribution in [0.15, 0.2) is 10.9 Å². The molecule has 1 unspecified atom stereocenters. The Morgan fingerprint density at radius 2 is 2.31 bits per heavy atom. The lowest BCUT2D eigenvalue weighted by Gasteiger charge is -2.21. The molecule has 1 aromatic heterocycles. The number of aromatic nitrogens is 2. The van der Waals surface area contributed by atoms with E-state index in [-0.39, 0.29) is 5.60 Å². The number of rotatable bonds is 6. The maximum Gasteiger partial charge on any atom is 0.213 e. The Morgan fingerprint density at radius 3 is 2.88 bits per heavy atom.